The lowest BCUT2D eigenvalue weighted by Crippen LogP contribution is -2.36. The Kier molecular flexibility index (Phi) is 7.02. The van der Waals surface area contributed by atoms with Gasteiger partial charge >= 0.3 is 0 Å². The van der Waals surface area contributed by atoms with Gasteiger partial charge in [0.05, 0.1) is 14.2 Å². The van der Waals surface area contributed by atoms with E-state index in [4.69, 9.17) is 9.47 Å². The maximum Gasteiger partial charge on any atom is 0.275 e. The Bertz CT molecular complexity index is 1580. The molecule has 1 aliphatic heterocycles. The second-order valence-electron chi connectivity index (χ2n) is 9.05. The summed E-state index contributed by atoms with van der Waals surface area (Å²) in [4.78, 5) is 33.3. The SMILES string of the molecule is COc1cccc(OC)c1-n1c(-c2ccc(F)cc2)nc(O)c(C(=O)N2CCC(c3ccccc3F)C2)c1=O. The second-order valence-corrected chi connectivity index (χ2v) is 9.05. The second kappa shape index (κ2) is 10.6. The highest BCUT2D eigenvalue weighted by Gasteiger charge is 2.34. The highest BCUT2D eigenvalue weighted by atomic mass is 19.1. The molecule has 39 heavy (non-hydrogen) atoms. The fraction of sp³-hybridized carbons (Fsp3) is 0.207. The number of carbonyl (C=O) groups excluding carboxylic acids is 1. The molecule has 1 unspecified atom stereocenters. The quantitative estimate of drug-likeness (QED) is 0.392. The van der Waals surface area contributed by atoms with Crippen molar-refractivity contribution in [1.29, 1.82) is 0 Å². The molecule has 1 amide bonds. The first kappa shape index (κ1) is 25.9. The lowest BCUT2D eigenvalue weighted by atomic mass is 9.98. The standard InChI is InChI=1S/C29H25F2N3O5/c1-38-22-8-5-9-23(39-2)25(22)34-26(17-10-12-19(30)13-11-17)32-27(35)24(29(34)37)28(36)33-15-14-18(16-33)20-6-3-4-7-21(20)31/h3-13,18,35H,14-16H2,1-2H3. The molecule has 0 radical (unpaired) electrons. The third-order valence-electron chi connectivity index (χ3n) is 6.83. The van der Waals surface area contributed by atoms with Gasteiger partial charge in [0.2, 0.25) is 5.88 Å². The Balaban J connectivity index is 1.66. The number of likely N-dealkylation sites (tertiary alicyclic amines) is 1. The van der Waals surface area contributed by atoms with Crippen molar-refractivity contribution in [2.45, 2.75) is 12.3 Å². The van der Waals surface area contributed by atoms with Crippen LogP contribution in [0.2, 0.25) is 0 Å². The van der Waals surface area contributed by atoms with E-state index in [1.807, 2.05) is 0 Å². The van der Waals surface area contributed by atoms with Crippen molar-refractivity contribution in [3.8, 4) is 34.5 Å². The number of hydrogen-bond donors (Lipinski definition) is 1. The molecule has 1 aromatic heterocycles. The summed E-state index contributed by atoms with van der Waals surface area (Å²) in [6.45, 7) is 0.421. The van der Waals surface area contributed by atoms with Crippen molar-refractivity contribution >= 4 is 5.91 Å². The number of rotatable bonds is 6. The molecule has 200 valence electrons. The van der Waals surface area contributed by atoms with Crippen LogP contribution >= 0.6 is 0 Å². The molecule has 1 fully saturated rings. The van der Waals surface area contributed by atoms with Crippen LogP contribution in [0.15, 0.2) is 71.5 Å². The van der Waals surface area contributed by atoms with E-state index in [9.17, 15) is 23.5 Å². The van der Waals surface area contributed by atoms with Crippen LogP contribution in [0.25, 0.3) is 17.1 Å². The third kappa shape index (κ3) is 4.69. The summed E-state index contributed by atoms with van der Waals surface area (Å²) in [7, 11) is 2.82. The zero-order valence-corrected chi connectivity index (χ0v) is 21.2. The lowest BCUT2D eigenvalue weighted by molar-refractivity contribution is 0.0784. The zero-order valence-electron chi connectivity index (χ0n) is 21.2. The summed E-state index contributed by atoms with van der Waals surface area (Å²) in [6, 6.07) is 16.4. The number of halogens is 2. The Morgan fingerprint density at radius 1 is 0.974 bits per heavy atom. The minimum absolute atomic E-state index is 0.0532. The number of ether oxygens (including phenoxy) is 2. The van der Waals surface area contributed by atoms with E-state index in [2.05, 4.69) is 4.98 Å². The third-order valence-corrected chi connectivity index (χ3v) is 6.83. The molecule has 0 bridgehead atoms. The Morgan fingerprint density at radius 2 is 1.64 bits per heavy atom. The molecule has 1 N–H and O–H groups in total. The number of carbonyl (C=O) groups is 1. The highest BCUT2D eigenvalue weighted by molar-refractivity contribution is 5.96. The minimum atomic E-state index is -0.871. The number of aromatic nitrogens is 2. The van der Waals surface area contributed by atoms with Crippen molar-refractivity contribution in [2.75, 3.05) is 27.3 Å². The van der Waals surface area contributed by atoms with Gasteiger partial charge in [0.25, 0.3) is 11.5 Å². The molecule has 8 nitrogen and oxygen atoms in total. The zero-order chi connectivity index (χ0) is 27.7. The predicted molar refractivity (Wildman–Crippen MR) is 140 cm³/mol. The van der Waals surface area contributed by atoms with E-state index in [0.29, 0.717) is 17.5 Å². The molecule has 2 heterocycles. The van der Waals surface area contributed by atoms with Gasteiger partial charge in [-0.1, -0.05) is 24.3 Å². The maximum absolute atomic E-state index is 14.4. The molecule has 1 atom stereocenters. The lowest BCUT2D eigenvalue weighted by Gasteiger charge is -2.21. The van der Waals surface area contributed by atoms with Gasteiger partial charge < -0.3 is 19.5 Å². The Hall–Kier alpha value is -4.73. The molecule has 4 aromatic rings. The first-order chi connectivity index (χ1) is 18.8. The van der Waals surface area contributed by atoms with E-state index in [-0.39, 0.29) is 47.8 Å². The van der Waals surface area contributed by atoms with Gasteiger partial charge in [-0.15, -0.1) is 0 Å². The number of methoxy groups -OCH3 is 2. The van der Waals surface area contributed by atoms with Gasteiger partial charge in [0.1, 0.15) is 28.8 Å². The van der Waals surface area contributed by atoms with E-state index < -0.39 is 28.7 Å². The molecule has 0 spiro atoms. The van der Waals surface area contributed by atoms with Gasteiger partial charge in [-0.05, 0) is 54.4 Å². The van der Waals surface area contributed by atoms with Crippen LogP contribution in [0.5, 0.6) is 17.4 Å². The normalized spacial score (nSPS) is 14.9. The number of para-hydroxylation sites is 1. The smallest absolute Gasteiger partial charge is 0.275 e. The molecular weight excluding hydrogens is 508 g/mol. The van der Waals surface area contributed by atoms with Crippen LogP contribution in [0.1, 0.15) is 28.3 Å². The first-order valence-corrected chi connectivity index (χ1v) is 12.2. The number of benzene rings is 3. The summed E-state index contributed by atoms with van der Waals surface area (Å²) in [5, 5.41) is 10.9. The molecule has 1 saturated heterocycles. The number of aromatic hydroxyl groups is 1. The summed E-state index contributed by atoms with van der Waals surface area (Å²) in [6.07, 6.45) is 0.489. The molecule has 3 aromatic carbocycles. The Morgan fingerprint density at radius 3 is 2.28 bits per heavy atom. The van der Waals surface area contributed by atoms with Gasteiger partial charge in [0.15, 0.2) is 11.4 Å². The topological polar surface area (TPSA) is 93.9 Å². The summed E-state index contributed by atoms with van der Waals surface area (Å²) < 4.78 is 40.2. The fourth-order valence-electron chi connectivity index (χ4n) is 4.91. The predicted octanol–water partition coefficient (Wildman–Crippen LogP) is 4.53. The summed E-state index contributed by atoms with van der Waals surface area (Å²) in [5.74, 6) is -2.21. The minimum Gasteiger partial charge on any atom is -0.494 e. The number of hydrogen-bond acceptors (Lipinski definition) is 6. The van der Waals surface area contributed by atoms with Crippen LogP contribution in [-0.2, 0) is 0 Å². The molecule has 5 rings (SSSR count). The molecule has 0 saturated carbocycles. The van der Waals surface area contributed by atoms with E-state index >= 15 is 0 Å². The van der Waals surface area contributed by atoms with Gasteiger partial charge in [0, 0.05) is 24.6 Å². The van der Waals surface area contributed by atoms with Crippen LogP contribution in [0.4, 0.5) is 8.78 Å². The van der Waals surface area contributed by atoms with E-state index in [1.165, 1.54) is 49.5 Å². The van der Waals surface area contributed by atoms with Gasteiger partial charge in [-0.2, -0.15) is 4.98 Å². The van der Waals surface area contributed by atoms with Crippen LogP contribution < -0.4 is 15.0 Å². The number of amides is 1. The summed E-state index contributed by atoms with van der Waals surface area (Å²) >= 11 is 0. The largest absolute Gasteiger partial charge is 0.494 e. The van der Waals surface area contributed by atoms with Gasteiger partial charge in [-0.3, -0.25) is 14.2 Å². The van der Waals surface area contributed by atoms with Crippen molar-refractivity contribution in [1.82, 2.24) is 14.5 Å². The van der Waals surface area contributed by atoms with E-state index in [0.717, 1.165) is 4.57 Å². The monoisotopic (exact) mass is 533 g/mol. The van der Waals surface area contributed by atoms with Crippen molar-refractivity contribution in [3.05, 3.63) is 99.8 Å². The van der Waals surface area contributed by atoms with Crippen LogP contribution in [0, 0.1) is 11.6 Å². The van der Waals surface area contributed by atoms with E-state index in [1.54, 1.807) is 36.4 Å². The molecule has 1 aliphatic rings. The average Bonchev–Trinajstić information content (AvgIpc) is 3.43. The molecule has 10 heteroatoms. The summed E-state index contributed by atoms with van der Waals surface area (Å²) in [5.41, 5.74) is -0.486. The van der Waals surface area contributed by atoms with Gasteiger partial charge in [-0.25, -0.2) is 8.78 Å². The molecule has 0 aliphatic carbocycles. The van der Waals surface area contributed by atoms with Crippen molar-refractivity contribution < 1.29 is 28.2 Å². The average molecular weight is 534 g/mol. The number of nitrogens with zero attached hydrogens (tertiary/aromatic N) is 3. The highest BCUT2D eigenvalue weighted by Crippen LogP contribution is 2.36. The van der Waals surface area contributed by atoms with Crippen LogP contribution in [0.3, 0.4) is 0 Å². The maximum atomic E-state index is 14.4. The van der Waals surface area contributed by atoms with Crippen LogP contribution in [-0.4, -0.2) is 52.8 Å². The van der Waals surface area contributed by atoms with Crippen molar-refractivity contribution in [2.24, 2.45) is 0 Å². The fourth-order valence-corrected chi connectivity index (χ4v) is 4.91. The molecular formula is C29H25F2N3O5. The Labute approximate surface area is 222 Å². The first-order valence-electron chi connectivity index (χ1n) is 12.2. The van der Waals surface area contributed by atoms with Crippen molar-refractivity contribution in [3.63, 3.8) is 0 Å².